The van der Waals surface area contributed by atoms with Crippen molar-refractivity contribution in [1.82, 2.24) is 4.90 Å². The second kappa shape index (κ2) is 6.48. The predicted molar refractivity (Wildman–Crippen MR) is 79.6 cm³/mol. The predicted octanol–water partition coefficient (Wildman–Crippen LogP) is 3.07. The highest BCUT2D eigenvalue weighted by atomic mass is 35.5. The Labute approximate surface area is 129 Å². The molecular formula is C15H14Cl2N2O. The van der Waals surface area contributed by atoms with Crippen molar-refractivity contribution in [2.75, 3.05) is 26.3 Å². The van der Waals surface area contributed by atoms with Crippen LogP contribution >= 0.6 is 23.2 Å². The van der Waals surface area contributed by atoms with Crippen LogP contribution in [0.2, 0.25) is 10.0 Å². The van der Waals surface area contributed by atoms with Crippen LogP contribution in [-0.2, 0) is 10.3 Å². The van der Waals surface area contributed by atoms with Crippen LogP contribution in [0.4, 0.5) is 0 Å². The zero-order valence-corrected chi connectivity index (χ0v) is 12.4. The molecule has 0 saturated carbocycles. The number of nitriles is 1. The average Bonchev–Trinajstić information content (AvgIpc) is 2.49. The van der Waals surface area contributed by atoms with Gasteiger partial charge in [-0.05, 0) is 17.7 Å². The first-order valence-electron chi connectivity index (χ1n) is 6.27. The van der Waals surface area contributed by atoms with Gasteiger partial charge in [-0.1, -0.05) is 29.3 Å². The summed E-state index contributed by atoms with van der Waals surface area (Å²) in [5.74, 6) is 2.61. The Kier molecular flexibility index (Phi) is 4.91. The van der Waals surface area contributed by atoms with Crippen LogP contribution < -0.4 is 0 Å². The second-order valence-electron chi connectivity index (χ2n) is 4.58. The van der Waals surface area contributed by atoms with Gasteiger partial charge in [0.1, 0.15) is 5.54 Å². The molecule has 20 heavy (non-hydrogen) atoms. The Hall–Kier alpha value is -1.23. The molecule has 0 aromatic heterocycles. The molecule has 1 saturated heterocycles. The van der Waals surface area contributed by atoms with Crippen LogP contribution in [-0.4, -0.2) is 31.2 Å². The topological polar surface area (TPSA) is 36.3 Å². The molecule has 1 aromatic carbocycles. The minimum atomic E-state index is -0.882. The lowest BCUT2D eigenvalue weighted by Gasteiger charge is -2.40. The highest BCUT2D eigenvalue weighted by molar-refractivity contribution is 6.42. The van der Waals surface area contributed by atoms with Gasteiger partial charge < -0.3 is 4.74 Å². The molecule has 1 atom stereocenters. The van der Waals surface area contributed by atoms with Crippen molar-refractivity contribution in [2.45, 2.75) is 12.0 Å². The molecule has 2 rings (SSSR count). The number of ether oxygens (including phenoxy) is 1. The molecule has 0 amide bonds. The Balaban J connectivity index is 2.47. The molecule has 1 aromatic rings. The quantitative estimate of drug-likeness (QED) is 0.805. The minimum absolute atomic E-state index is 0.293. The third-order valence-corrected chi connectivity index (χ3v) is 4.23. The molecule has 0 aliphatic carbocycles. The van der Waals surface area contributed by atoms with Crippen molar-refractivity contribution in [1.29, 1.82) is 5.26 Å². The first-order valence-corrected chi connectivity index (χ1v) is 7.02. The second-order valence-corrected chi connectivity index (χ2v) is 5.40. The molecule has 0 bridgehead atoms. The Morgan fingerprint density at radius 3 is 2.55 bits per heavy atom. The molecule has 1 aliphatic heterocycles. The van der Waals surface area contributed by atoms with E-state index in [4.69, 9.17) is 34.4 Å². The van der Waals surface area contributed by atoms with Gasteiger partial charge in [-0.3, -0.25) is 4.90 Å². The van der Waals surface area contributed by atoms with E-state index in [0.717, 1.165) is 5.56 Å². The standard InChI is InChI=1S/C15H14Cl2N2O/c1-2-5-15(11-18,19-6-8-20-9-7-19)12-3-4-13(16)14(17)10-12/h1,3-4,10H,5-9H2. The molecule has 1 unspecified atom stereocenters. The van der Waals surface area contributed by atoms with Crippen molar-refractivity contribution in [3.8, 4) is 18.4 Å². The molecule has 3 nitrogen and oxygen atoms in total. The summed E-state index contributed by atoms with van der Waals surface area (Å²) in [5.41, 5.74) is -0.110. The van der Waals surface area contributed by atoms with Gasteiger partial charge in [0.05, 0.1) is 29.3 Å². The number of hydrogen-bond donors (Lipinski definition) is 0. The van der Waals surface area contributed by atoms with Gasteiger partial charge in [0, 0.05) is 19.5 Å². The monoisotopic (exact) mass is 308 g/mol. The highest BCUT2D eigenvalue weighted by Crippen LogP contribution is 2.35. The van der Waals surface area contributed by atoms with E-state index < -0.39 is 5.54 Å². The Morgan fingerprint density at radius 2 is 2.00 bits per heavy atom. The number of hydrogen-bond acceptors (Lipinski definition) is 3. The van der Waals surface area contributed by atoms with Gasteiger partial charge in [0.2, 0.25) is 0 Å². The maximum Gasteiger partial charge on any atom is 0.145 e. The first kappa shape index (κ1) is 15.2. The first-order chi connectivity index (χ1) is 9.64. The van der Waals surface area contributed by atoms with Crippen molar-refractivity contribution < 1.29 is 4.74 Å². The number of rotatable bonds is 3. The van der Waals surface area contributed by atoms with Gasteiger partial charge in [-0.15, -0.1) is 12.3 Å². The summed E-state index contributed by atoms with van der Waals surface area (Å²) in [6.45, 7) is 2.51. The van der Waals surface area contributed by atoms with Crippen molar-refractivity contribution in [3.05, 3.63) is 33.8 Å². The van der Waals surface area contributed by atoms with Crippen LogP contribution in [0.15, 0.2) is 18.2 Å². The van der Waals surface area contributed by atoms with E-state index in [1.807, 2.05) is 6.07 Å². The summed E-state index contributed by atoms with van der Waals surface area (Å²) in [4.78, 5) is 2.05. The van der Waals surface area contributed by atoms with E-state index in [2.05, 4.69) is 16.9 Å². The molecule has 1 heterocycles. The van der Waals surface area contributed by atoms with Gasteiger partial charge >= 0.3 is 0 Å². The van der Waals surface area contributed by atoms with Crippen LogP contribution in [0.5, 0.6) is 0 Å². The highest BCUT2D eigenvalue weighted by Gasteiger charge is 2.39. The molecule has 104 valence electrons. The Morgan fingerprint density at radius 1 is 1.30 bits per heavy atom. The zero-order valence-electron chi connectivity index (χ0n) is 10.9. The van der Waals surface area contributed by atoms with Crippen molar-refractivity contribution in [3.63, 3.8) is 0 Å². The fourth-order valence-corrected chi connectivity index (χ4v) is 2.72. The maximum absolute atomic E-state index is 9.77. The van der Waals surface area contributed by atoms with Gasteiger partial charge in [0.15, 0.2) is 0 Å². The van der Waals surface area contributed by atoms with Crippen LogP contribution in [0.1, 0.15) is 12.0 Å². The van der Waals surface area contributed by atoms with Gasteiger partial charge in [-0.2, -0.15) is 5.26 Å². The zero-order chi connectivity index (χ0) is 14.6. The van der Waals surface area contributed by atoms with E-state index in [0.29, 0.717) is 42.8 Å². The normalized spacial score (nSPS) is 18.8. The molecule has 1 aliphatic rings. The maximum atomic E-state index is 9.77. The summed E-state index contributed by atoms with van der Waals surface area (Å²) < 4.78 is 5.35. The molecule has 0 spiro atoms. The van der Waals surface area contributed by atoms with Gasteiger partial charge in [0.25, 0.3) is 0 Å². The van der Waals surface area contributed by atoms with E-state index in [-0.39, 0.29) is 0 Å². The molecular weight excluding hydrogens is 295 g/mol. The number of nitrogens with zero attached hydrogens (tertiary/aromatic N) is 2. The molecule has 0 radical (unpaired) electrons. The fraction of sp³-hybridized carbons (Fsp3) is 0.400. The van der Waals surface area contributed by atoms with Gasteiger partial charge in [-0.25, -0.2) is 0 Å². The smallest absolute Gasteiger partial charge is 0.145 e. The molecule has 5 heteroatoms. The lowest BCUT2D eigenvalue weighted by Crippen LogP contribution is -2.50. The molecule has 0 N–H and O–H groups in total. The number of benzene rings is 1. The number of terminal acetylenes is 1. The minimum Gasteiger partial charge on any atom is -0.379 e. The van der Waals surface area contributed by atoms with Crippen LogP contribution in [0.25, 0.3) is 0 Å². The Bertz CT molecular complexity index is 570. The van der Waals surface area contributed by atoms with Crippen molar-refractivity contribution >= 4 is 23.2 Å². The number of halogens is 2. The lowest BCUT2D eigenvalue weighted by atomic mass is 9.86. The summed E-state index contributed by atoms with van der Waals surface area (Å²) >= 11 is 12.0. The average molecular weight is 309 g/mol. The van der Waals surface area contributed by atoms with E-state index in [1.54, 1.807) is 12.1 Å². The van der Waals surface area contributed by atoms with E-state index >= 15 is 0 Å². The van der Waals surface area contributed by atoms with E-state index in [1.165, 1.54) is 0 Å². The third kappa shape index (κ3) is 2.77. The summed E-state index contributed by atoms with van der Waals surface area (Å²) in [5, 5.41) is 10.7. The van der Waals surface area contributed by atoms with E-state index in [9.17, 15) is 5.26 Å². The summed E-state index contributed by atoms with van der Waals surface area (Å²) in [7, 11) is 0. The fourth-order valence-electron chi connectivity index (χ4n) is 2.42. The summed E-state index contributed by atoms with van der Waals surface area (Å²) in [6.07, 6.45) is 5.78. The van der Waals surface area contributed by atoms with Crippen LogP contribution in [0.3, 0.4) is 0 Å². The SMILES string of the molecule is C#CCC(C#N)(c1ccc(Cl)c(Cl)c1)N1CCOCC1. The number of morpholine rings is 1. The largest absolute Gasteiger partial charge is 0.379 e. The van der Waals surface area contributed by atoms with Crippen LogP contribution in [0, 0.1) is 23.7 Å². The lowest BCUT2D eigenvalue weighted by molar-refractivity contribution is -0.00370. The van der Waals surface area contributed by atoms with Crippen molar-refractivity contribution in [2.24, 2.45) is 0 Å². The molecule has 1 fully saturated rings. The third-order valence-electron chi connectivity index (χ3n) is 3.49. The summed E-state index contributed by atoms with van der Waals surface area (Å²) in [6, 6.07) is 7.60.